The molecule has 0 saturated heterocycles. The summed E-state index contributed by atoms with van der Waals surface area (Å²) >= 11 is 0. The predicted octanol–water partition coefficient (Wildman–Crippen LogP) is 4.52. The van der Waals surface area contributed by atoms with Crippen LogP contribution in [0.4, 0.5) is 5.69 Å². The molecule has 3 aromatic carbocycles. The summed E-state index contributed by atoms with van der Waals surface area (Å²) in [6.45, 7) is 7.70. The van der Waals surface area contributed by atoms with Gasteiger partial charge in [0.25, 0.3) is 0 Å². The Morgan fingerprint density at radius 1 is 0.875 bits per heavy atom. The van der Waals surface area contributed by atoms with Crippen LogP contribution in [0.3, 0.4) is 0 Å². The largest absolute Gasteiger partial charge is 1.00 e. The molecule has 0 unspecified atom stereocenters. The van der Waals surface area contributed by atoms with E-state index in [4.69, 9.17) is 4.74 Å². The van der Waals surface area contributed by atoms with Gasteiger partial charge in [-0.25, -0.2) is 0 Å². The minimum Gasteiger partial charge on any atom is -1.00 e. The Bertz CT molecular complexity index is 1130. The Morgan fingerprint density at radius 2 is 1.62 bits per heavy atom. The molecule has 0 bridgehead atoms. The van der Waals surface area contributed by atoms with E-state index >= 15 is 0 Å². The molecule has 32 heavy (non-hydrogen) atoms. The molecule has 2 nitrogen and oxygen atoms in total. The van der Waals surface area contributed by atoms with E-state index in [0.29, 0.717) is 0 Å². The van der Waals surface area contributed by atoms with Crippen LogP contribution in [0.25, 0.3) is 16.8 Å². The highest BCUT2D eigenvalue weighted by Crippen LogP contribution is 2.43. The number of fused-ring (bicyclic) bond motifs is 3. The first-order valence-corrected chi connectivity index (χ1v) is 11.6. The minimum atomic E-state index is -0.0526. The molecule has 0 aromatic heterocycles. The molecular weight excluding hydrogens is 505 g/mol. The standard InChI is InChI=1S/C29H34NO.HI/c1-5-6-7-10-21-31-24-17-13-22(14-18-24)15-20-27-29(2,3)28-25-12-9-8-11-23(25)16-19-26(28)30(27)4;/h8-9,11-20H,5-7,10,21H2,1-4H3;1H/q+1;/p-1. The van der Waals surface area contributed by atoms with Crippen molar-refractivity contribution in [2.45, 2.75) is 51.9 Å². The summed E-state index contributed by atoms with van der Waals surface area (Å²) in [5.74, 6) is 0.957. The van der Waals surface area contributed by atoms with Gasteiger partial charge in [-0.1, -0.05) is 62.6 Å². The zero-order valence-corrected chi connectivity index (χ0v) is 21.9. The number of halogens is 1. The summed E-state index contributed by atoms with van der Waals surface area (Å²) in [5, 5.41) is 2.65. The molecular formula is C29H34INO. The topological polar surface area (TPSA) is 12.2 Å². The van der Waals surface area contributed by atoms with Gasteiger partial charge in [-0.05, 0) is 60.9 Å². The predicted molar refractivity (Wildman–Crippen MR) is 133 cm³/mol. The lowest BCUT2D eigenvalue weighted by Gasteiger charge is -2.17. The van der Waals surface area contributed by atoms with Crippen LogP contribution in [0, 0.1) is 0 Å². The quantitative estimate of drug-likeness (QED) is 0.233. The van der Waals surface area contributed by atoms with Crippen molar-refractivity contribution in [3.05, 3.63) is 77.9 Å². The average Bonchev–Trinajstić information content (AvgIpc) is 2.98. The van der Waals surface area contributed by atoms with Gasteiger partial charge in [-0.15, -0.1) is 0 Å². The monoisotopic (exact) mass is 539 g/mol. The molecule has 4 rings (SSSR count). The molecule has 0 radical (unpaired) electrons. The van der Waals surface area contributed by atoms with Crippen molar-refractivity contribution in [2.24, 2.45) is 0 Å². The van der Waals surface area contributed by atoms with Crippen LogP contribution in [0.15, 0.2) is 66.7 Å². The van der Waals surface area contributed by atoms with Crippen molar-refractivity contribution in [2.75, 3.05) is 13.7 Å². The van der Waals surface area contributed by atoms with Crippen molar-refractivity contribution >= 4 is 28.2 Å². The fraction of sp³-hybridized carbons (Fsp3) is 0.345. The maximum Gasteiger partial charge on any atom is 0.210 e. The second kappa shape index (κ2) is 10.7. The third kappa shape index (κ3) is 4.93. The maximum atomic E-state index is 5.88. The molecule has 3 aromatic rings. The smallest absolute Gasteiger partial charge is 0.210 e. The van der Waals surface area contributed by atoms with Gasteiger partial charge < -0.3 is 28.7 Å². The normalized spacial score (nSPS) is 14.6. The van der Waals surface area contributed by atoms with E-state index in [1.54, 1.807) is 0 Å². The third-order valence-electron chi connectivity index (χ3n) is 6.48. The molecule has 168 valence electrons. The van der Waals surface area contributed by atoms with Gasteiger partial charge in [0.2, 0.25) is 5.69 Å². The van der Waals surface area contributed by atoms with Crippen molar-refractivity contribution in [3.8, 4) is 5.75 Å². The lowest BCUT2D eigenvalue weighted by atomic mass is 9.79. The Labute approximate surface area is 210 Å². The van der Waals surface area contributed by atoms with E-state index in [1.807, 2.05) is 0 Å². The molecule has 0 aliphatic carbocycles. The minimum absolute atomic E-state index is 0. The summed E-state index contributed by atoms with van der Waals surface area (Å²) in [5.41, 5.74) is 5.17. The number of benzene rings is 3. The summed E-state index contributed by atoms with van der Waals surface area (Å²) in [4.78, 5) is 0. The molecule has 1 heterocycles. The zero-order valence-electron chi connectivity index (χ0n) is 19.7. The van der Waals surface area contributed by atoms with Crippen LogP contribution in [-0.2, 0) is 5.41 Å². The van der Waals surface area contributed by atoms with Crippen LogP contribution in [0.5, 0.6) is 5.75 Å². The van der Waals surface area contributed by atoms with E-state index in [2.05, 4.69) is 105 Å². The first-order valence-electron chi connectivity index (χ1n) is 11.6. The highest BCUT2D eigenvalue weighted by Gasteiger charge is 2.44. The Balaban J connectivity index is 0.00000289. The molecule has 0 atom stereocenters. The van der Waals surface area contributed by atoms with Gasteiger partial charge in [0.1, 0.15) is 12.8 Å². The molecule has 0 N–H and O–H groups in total. The Hall–Kier alpha value is -2.14. The Morgan fingerprint density at radius 3 is 2.38 bits per heavy atom. The summed E-state index contributed by atoms with van der Waals surface area (Å²) < 4.78 is 8.22. The number of hydrogen-bond acceptors (Lipinski definition) is 1. The lowest BCUT2D eigenvalue weighted by molar-refractivity contribution is -0.401. The fourth-order valence-electron chi connectivity index (χ4n) is 4.76. The van der Waals surface area contributed by atoms with E-state index in [0.717, 1.165) is 18.8 Å². The molecule has 1 aliphatic heterocycles. The number of hydrogen-bond donors (Lipinski definition) is 0. The second-order valence-electron chi connectivity index (χ2n) is 9.06. The van der Waals surface area contributed by atoms with Crippen LogP contribution >= 0.6 is 0 Å². The van der Waals surface area contributed by atoms with Crippen molar-refractivity contribution in [1.82, 2.24) is 0 Å². The summed E-state index contributed by atoms with van der Waals surface area (Å²) in [6.07, 6.45) is 9.41. The van der Waals surface area contributed by atoms with Gasteiger partial charge in [-0.2, -0.15) is 4.58 Å². The number of nitrogens with zero attached hydrogens (tertiary/aromatic N) is 1. The fourth-order valence-corrected chi connectivity index (χ4v) is 4.76. The molecule has 0 saturated carbocycles. The van der Waals surface area contributed by atoms with Gasteiger partial charge >= 0.3 is 0 Å². The average molecular weight is 540 g/mol. The van der Waals surface area contributed by atoms with E-state index < -0.39 is 0 Å². The van der Waals surface area contributed by atoms with Crippen LogP contribution < -0.4 is 28.7 Å². The van der Waals surface area contributed by atoms with E-state index in [1.165, 1.54) is 52.6 Å². The van der Waals surface area contributed by atoms with Crippen molar-refractivity contribution < 1.29 is 33.3 Å². The van der Waals surface area contributed by atoms with Gasteiger partial charge in [0.15, 0.2) is 5.71 Å². The first kappa shape index (κ1) is 24.5. The molecule has 0 fully saturated rings. The van der Waals surface area contributed by atoms with Gasteiger partial charge in [0, 0.05) is 17.7 Å². The molecule has 0 spiro atoms. The second-order valence-corrected chi connectivity index (χ2v) is 9.06. The lowest BCUT2D eigenvalue weighted by Crippen LogP contribution is -3.00. The number of ether oxygens (including phenoxy) is 1. The SMILES string of the molecule is CCCCCCOc1ccc(C=CC2=[N+](C)c3ccc4ccccc4c3C2(C)C)cc1.[I-]. The zero-order chi connectivity index (χ0) is 21.8. The molecule has 3 heteroatoms. The van der Waals surface area contributed by atoms with Crippen LogP contribution in [0.1, 0.15) is 57.6 Å². The highest BCUT2D eigenvalue weighted by molar-refractivity contribution is 6.09. The first-order chi connectivity index (χ1) is 15.0. The summed E-state index contributed by atoms with van der Waals surface area (Å²) in [7, 11) is 2.18. The maximum absolute atomic E-state index is 5.88. The van der Waals surface area contributed by atoms with Gasteiger partial charge in [0.05, 0.1) is 12.0 Å². The number of unbranched alkanes of at least 4 members (excludes halogenated alkanes) is 3. The third-order valence-corrected chi connectivity index (χ3v) is 6.48. The number of rotatable bonds is 8. The number of allylic oxidation sites excluding steroid dienone is 1. The molecule has 0 amide bonds. The van der Waals surface area contributed by atoms with E-state index in [-0.39, 0.29) is 29.4 Å². The summed E-state index contributed by atoms with van der Waals surface area (Å²) in [6, 6.07) is 21.6. The van der Waals surface area contributed by atoms with Crippen LogP contribution in [0.2, 0.25) is 0 Å². The van der Waals surface area contributed by atoms with Crippen molar-refractivity contribution in [3.63, 3.8) is 0 Å². The molecule has 1 aliphatic rings. The van der Waals surface area contributed by atoms with Gasteiger partial charge in [-0.3, -0.25) is 0 Å². The van der Waals surface area contributed by atoms with E-state index in [9.17, 15) is 0 Å². The van der Waals surface area contributed by atoms with Crippen LogP contribution in [-0.4, -0.2) is 23.9 Å². The highest BCUT2D eigenvalue weighted by atomic mass is 127. The van der Waals surface area contributed by atoms with Crippen molar-refractivity contribution in [1.29, 1.82) is 0 Å². The Kier molecular flexibility index (Phi) is 8.16.